The van der Waals surface area contributed by atoms with Crippen LogP contribution >= 0.6 is 24.8 Å². The number of nitrogens with zero attached hydrogens (tertiary/aromatic N) is 3. The van der Waals surface area contributed by atoms with Crippen LogP contribution in [0.15, 0.2) is 36.9 Å². The van der Waals surface area contributed by atoms with Crippen LogP contribution in [0.25, 0.3) is 0 Å². The van der Waals surface area contributed by atoms with Crippen molar-refractivity contribution in [2.75, 3.05) is 13.1 Å². The number of nitrogens with one attached hydrogen (secondary N) is 2. The highest BCUT2D eigenvalue weighted by Gasteiger charge is 2.20. The predicted molar refractivity (Wildman–Crippen MR) is 97.5 cm³/mol. The molecule has 2 N–H and O–H groups in total. The fourth-order valence-electron chi connectivity index (χ4n) is 2.24. The molecule has 0 aliphatic heterocycles. The Labute approximate surface area is 154 Å². The molecule has 8 heteroatoms. The molecule has 3 rings (SSSR count). The molecule has 0 saturated heterocycles. The van der Waals surface area contributed by atoms with Crippen molar-refractivity contribution in [2.24, 2.45) is 5.92 Å². The van der Waals surface area contributed by atoms with Crippen molar-refractivity contribution in [3.05, 3.63) is 48.0 Å². The van der Waals surface area contributed by atoms with E-state index in [0.29, 0.717) is 19.6 Å². The molecule has 1 aromatic carbocycles. The Morgan fingerprint density at radius 3 is 2.50 bits per heavy atom. The predicted octanol–water partition coefficient (Wildman–Crippen LogP) is 1.79. The van der Waals surface area contributed by atoms with Gasteiger partial charge in [0, 0.05) is 6.54 Å². The lowest BCUT2D eigenvalue weighted by Gasteiger charge is -2.07. The number of benzene rings is 1. The molecule has 6 nitrogen and oxygen atoms in total. The number of rotatable bonds is 8. The first-order valence-electron chi connectivity index (χ1n) is 7.67. The van der Waals surface area contributed by atoms with Crippen LogP contribution in [0, 0.1) is 5.92 Å². The normalized spacial score (nSPS) is 12.8. The Morgan fingerprint density at radius 2 is 1.88 bits per heavy atom. The number of halogens is 2. The first-order valence-corrected chi connectivity index (χ1v) is 7.67. The fourth-order valence-corrected chi connectivity index (χ4v) is 2.24. The molecular formula is C16H23Cl2N5O. The average Bonchev–Trinajstić information content (AvgIpc) is 3.21. The second-order valence-corrected chi connectivity index (χ2v) is 5.76. The van der Waals surface area contributed by atoms with Crippen LogP contribution < -0.4 is 10.6 Å². The number of carbonyl (C=O) groups excluding carboxylic acids is 1. The quantitative estimate of drug-likeness (QED) is 0.741. The largest absolute Gasteiger partial charge is 0.351 e. The lowest BCUT2D eigenvalue weighted by molar-refractivity contribution is -0.120. The molecule has 1 aliphatic carbocycles. The molecule has 0 atom stereocenters. The lowest BCUT2D eigenvalue weighted by Crippen LogP contribution is -2.34. The highest BCUT2D eigenvalue weighted by molar-refractivity contribution is 5.85. The molecule has 1 heterocycles. The maximum Gasteiger partial charge on any atom is 0.234 e. The molecule has 1 fully saturated rings. The number of amides is 1. The minimum absolute atomic E-state index is 0. The number of hydrogen-bond donors (Lipinski definition) is 2. The number of hydrogen-bond acceptors (Lipinski definition) is 4. The Bertz CT molecular complexity index is 599. The van der Waals surface area contributed by atoms with Gasteiger partial charge in [-0.15, -0.1) is 24.8 Å². The summed E-state index contributed by atoms with van der Waals surface area (Å²) < 4.78 is 1.78. The smallest absolute Gasteiger partial charge is 0.234 e. The standard InChI is InChI=1S/C16H21N5O.2ClH/c22-16(9-17-7-13-1-2-13)19-8-14-3-5-15(6-4-14)10-21-12-18-11-20-21;;/h3-6,11-13,17H,1-2,7-10H2,(H,19,22);2*1H. The van der Waals surface area contributed by atoms with Gasteiger partial charge in [0.05, 0.1) is 13.1 Å². The van der Waals surface area contributed by atoms with Crippen molar-refractivity contribution in [3.8, 4) is 0 Å². The second-order valence-electron chi connectivity index (χ2n) is 5.76. The zero-order valence-electron chi connectivity index (χ0n) is 13.4. The molecule has 1 aliphatic rings. The van der Waals surface area contributed by atoms with Crippen molar-refractivity contribution < 1.29 is 4.79 Å². The van der Waals surface area contributed by atoms with Gasteiger partial charge in [0.25, 0.3) is 0 Å². The van der Waals surface area contributed by atoms with E-state index in [1.165, 1.54) is 19.2 Å². The van der Waals surface area contributed by atoms with E-state index in [-0.39, 0.29) is 30.7 Å². The van der Waals surface area contributed by atoms with E-state index in [1.807, 2.05) is 12.1 Å². The van der Waals surface area contributed by atoms with Crippen LogP contribution in [0.1, 0.15) is 24.0 Å². The Hall–Kier alpha value is -1.63. The van der Waals surface area contributed by atoms with E-state index in [4.69, 9.17) is 0 Å². The molecule has 0 radical (unpaired) electrons. The summed E-state index contributed by atoms with van der Waals surface area (Å²) in [6.45, 7) is 2.64. The number of aromatic nitrogens is 3. The molecule has 0 bridgehead atoms. The van der Waals surface area contributed by atoms with Crippen molar-refractivity contribution >= 4 is 30.7 Å². The first-order chi connectivity index (χ1) is 10.8. The molecule has 0 unspecified atom stereocenters. The zero-order chi connectivity index (χ0) is 15.2. The Balaban J connectivity index is 0.00000144. The molecule has 132 valence electrons. The first kappa shape index (κ1) is 20.4. The van der Waals surface area contributed by atoms with E-state index in [2.05, 4.69) is 32.8 Å². The van der Waals surface area contributed by atoms with Crippen LogP contribution in [0.2, 0.25) is 0 Å². The van der Waals surface area contributed by atoms with Crippen LogP contribution in [0.4, 0.5) is 0 Å². The topological polar surface area (TPSA) is 71.8 Å². The third-order valence-electron chi connectivity index (χ3n) is 3.74. The van der Waals surface area contributed by atoms with Gasteiger partial charge < -0.3 is 10.6 Å². The maximum atomic E-state index is 11.7. The molecule has 24 heavy (non-hydrogen) atoms. The summed E-state index contributed by atoms with van der Waals surface area (Å²) in [5.74, 6) is 0.845. The van der Waals surface area contributed by atoms with Crippen molar-refractivity contribution in [2.45, 2.75) is 25.9 Å². The summed E-state index contributed by atoms with van der Waals surface area (Å²) in [5, 5.41) is 10.2. The highest BCUT2D eigenvalue weighted by atomic mass is 35.5. The second kappa shape index (κ2) is 10.3. The minimum Gasteiger partial charge on any atom is -0.351 e. The van der Waals surface area contributed by atoms with Gasteiger partial charge in [-0.3, -0.25) is 4.79 Å². The van der Waals surface area contributed by atoms with Crippen molar-refractivity contribution in [1.82, 2.24) is 25.4 Å². The fraction of sp³-hybridized carbons (Fsp3) is 0.438. The van der Waals surface area contributed by atoms with Crippen LogP contribution in [-0.4, -0.2) is 33.8 Å². The molecule has 2 aromatic rings. The summed E-state index contributed by atoms with van der Waals surface area (Å²) in [7, 11) is 0. The third-order valence-corrected chi connectivity index (χ3v) is 3.74. The summed E-state index contributed by atoms with van der Waals surface area (Å²) in [5.41, 5.74) is 2.25. The summed E-state index contributed by atoms with van der Waals surface area (Å²) in [6.07, 6.45) is 5.83. The van der Waals surface area contributed by atoms with Gasteiger partial charge in [0.1, 0.15) is 12.7 Å². The SMILES string of the molecule is Cl.Cl.O=C(CNCC1CC1)NCc1ccc(Cn2cncn2)cc1. The monoisotopic (exact) mass is 371 g/mol. The van der Waals surface area contributed by atoms with Crippen LogP contribution in [0.5, 0.6) is 0 Å². The summed E-state index contributed by atoms with van der Waals surface area (Å²) in [4.78, 5) is 15.6. The summed E-state index contributed by atoms with van der Waals surface area (Å²) >= 11 is 0. The van der Waals surface area contributed by atoms with Gasteiger partial charge in [-0.05, 0) is 36.4 Å². The van der Waals surface area contributed by atoms with E-state index >= 15 is 0 Å². The Morgan fingerprint density at radius 1 is 1.17 bits per heavy atom. The van der Waals surface area contributed by atoms with Gasteiger partial charge >= 0.3 is 0 Å². The number of carbonyl (C=O) groups is 1. The van der Waals surface area contributed by atoms with Gasteiger partial charge in [0.15, 0.2) is 0 Å². The van der Waals surface area contributed by atoms with Gasteiger partial charge in [-0.2, -0.15) is 5.10 Å². The van der Waals surface area contributed by atoms with Crippen molar-refractivity contribution in [3.63, 3.8) is 0 Å². The summed E-state index contributed by atoms with van der Waals surface area (Å²) in [6, 6.07) is 8.16. The zero-order valence-corrected chi connectivity index (χ0v) is 15.0. The third kappa shape index (κ3) is 6.86. The van der Waals surface area contributed by atoms with E-state index in [9.17, 15) is 4.79 Å². The van der Waals surface area contributed by atoms with E-state index < -0.39 is 0 Å². The molecular weight excluding hydrogens is 349 g/mol. The van der Waals surface area contributed by atoms with Gasteiger partial charge in [-0.25, -0.2) is 9.67 Å². The molecule has 1 aromatic heterocycles. The minimum atomic E-state index is 0. The van der Waals surface area contributed by atoms with Crippen molar-refractivity contribution in [1.29, 1.82) is 0 Å². The van der Waals surface area contributed by atoms with E-state index in [1.54, 1.807) is 11.0 Å². The van der Waals surface area contributed by atoms with Crippen LogP contribution in [0.3, 0.4) is 0 Å². The lowest BCUT2D eigenvalue weighted by atomic mass is 10.1. The van der Waals surface area contributed by atoms with Gasteiger partial charge in [0.2, 0.25) is 5.91 Å². The maximum absolute atomic E-state index is 11.7. The van der Waals surface area contributed by atoms with Gasteiger partial charge in [-0.1, -0.05) is 24.3 Å². The van der Waals surface area contributed by atoms with E-state index in [0.717, 1.165) is 23.6 Å². The highest BCUT2D eigenvalue weighted by Crippen LogP contribution is 2.27. The molecule has 1 amide bonds. The van der Waals surface area contributed by atoms with Crippen LogP contribution in [-0.2, 0) is 17.9 Å². The Kier molecular flexibility index (Phi) is 8.74. The molecule has 0 spiro atoms. The molecule has 1 saturated carbocycles. The average molecular weight is 372 g/mol.